The second-order valence-electron chi connectivity index (χ2n) is 18.8. The number of ether oxygens (including phenoxy) is 2. The van der Waals surface area contributed by atoms with Crippen molar-refractivity contribution in [3.63, 3.8) is 0 Å². The number of carbonyl (C=O) groups is 2. The van der Waals surface area contributed by atoms with Gasteiger partial charge in [-0.2, -0.15) is 0 Å². The van der Waals surface area contributed by atoms with Crippen LogP contribution in [0.5, 0.6) is 11.5 Å². The number of pyridine rings is 1. The fraction of sp³-hybridized carbons (Fsp3) is 0.442. The number of amides is 1. The Balaban J connectivity index is 0.907. The minimum atomic E-state index is -1.14. The van der Waals surface area contributed by atoms with Crippen LogP contribution < -0.4 is 25.0 Å². The molecule has 1 amide bonds. The van der Waals surface area contributed by atoms with Gasteiger partial charge in [0.25, 0.3) is 5.91 Å². The van der Waals surface area contributed by atoms with Gasteiger partial charge in [-0.05, 0) is 159 Å². The number of nitrogens with zero attached hydrogens (tertiary/aromatic N) is 4. The van der Waals surface area contributed by atoms with Crippen molar-refractivity contribution in [1.29, 1.82) is 0 Å². The van der Waals surface area contributed by atoms with Gasteiger partial charge in [-0.25, -0.2) is 14.8 Å². The summed E-state index contributed by atoms with van der Waals surface area (Å²) < 4.78 is 12.2. The largest absolute Gasteiger partial charge is 0.496 e. The molecule has 0 radical (unpaired) electrons. The number of hydrogen-bond donors (Lipinski definition) is 3. The third-order valence-corrected chi connectivity index (χ3v) is 14.9. The zero-order valence-corrected chi connectivity index (χ0v) is 37.9. The van der Waals surface area contributed by atoms with Crippen LogP contribution in [0.4, 0.5) is 11.6 Å². The molecular weight excluding hydrogens is 824 g/mol. The quantitative estimate of drug-likeness (QED) is 0.0988. The molecule has 4 atom stereocenters. The van der Waals surface area contributed by atoms with E-state index >= 15 is 0 Å². The van der Waals surface area contributed by atoms with Crippen LogP contribution in [0.25, 0.3) is 11.3 Å². The van der Waals surface area contributed by atoms with Crippen molar-refractivity contribution in [2.75, 3.05) is 43.6 Å². The highest BCUT2D eigenvalue weighted by molar-refractivity contribution is 6.30. The van der Waals surface area contributed by atoms with Crippen LogP contribution in [-0.2, 0) is 23.1 Å². The van der Waals surface area contributed by atoms with Gasteiger partial charge < -0.3 is 30.1 Å². The number of para-hydroxylation sites is 1. The van der Waals surface area contributed by atoms with Crippen molar-refractivity contribution >= 4 is 35.1 Å². The summed E-state index contributed by atoms with van der Waals surface area (Å²) in [6.45, 7) is 7.21. The lowest BCUT2D eigenvalue weighted by Gasteiger charge is -2.47. The van der Waals surface area contributed by atoms with Gasteiger partial charge in [0, 0.05) is 65.1 Å². The normalized spacial score (nSPS) is 24.1. The highest BCUT2D eigenvalue weighted by Crippen LogP contribution is 2.56. The number of rotatable bonds is 14. The van der Waals surface area contributed by atoms with Crippen molar-refractivity contribution in [2.45, 2.75) is 94.9 Å². The second-order valence-corrected chi connectivity index (χ2v) is 19.3. The predicted octanol–water partition coefficient (Wildman–Crippen LogP) is 9.92. The van der Waals surface area contributed by atoms with E-state index in [1.54, 1.807) is 25.4 Å². The predicted molar refractivity (Wildman–Crippen MR) is 251 cm³/mol. The summed E-state index contributed by atoms with van der Waals surface area (Å²) in [6, 6.07) is 25.3. The molecule has 2 fully saturated rings. The zero-order chi connectivity index (χ0) is 44.4. The third kappa shape index (κ3) is 8.75. The van der Waals surface area contributed by atoms with E-state index in [2.05, 4.69) is 51.5 Å². The Morgan fingerprint density at radius 2 is 1.80 bits per heavy atom. The SMILES string of the molecule is COc1ccccc1-c1ccnc(N2CCC(CNC(=O)c3ccc4c(c3)C3(CCC(Nc5cccc(Cl)c5)(C(=O)O)CC3)C(C[C@@H](C)COc3ccnc5c3[C@H](C)CCC5)C4)C2)n1. The van der Waals surface area contributed by atoms with Crippen LogP contribution in [0, 0.1) is 17.8 Å². The molecule has 3 N–H and O–H groups in total. The van der Waals surface area contributed by atoms with E-state index in [4.69, 9.17) is 26.1 Å². The highest BCUT2D eigenvalue weighted by Gasteiger charge is 2.54. The van der Waals surface area contributed by atoms with Crippen molar-refractivity contribution < 1.29 is 24.2 Å². The molecule has 4 aliphatic rings. The molecule has 64 heavy (non-hydrogen) atoms. The zero-order valence-electron chi connectivity index (χ0n) is 37.1. The summed E-state index contributed by atoms with van der Waals surface area (Å²) in [5.41, 5.74) is 6.50. The molecule has 1 saturated carbocycles. The van der Waals surface area contributed by atoms with E-state index in [9.17, 15) is 14.7 Å². The number of aryl methyl sites for hydroxylation is 1. The second kappa shape index (κ2) is 18.4. The molecule has 0 bridgehead atoms. The Labute approximate surface area is 381 Å². The van der Waals surface area contributed by atoms with Crippen LogP contribution in [-0.4, -0.2) is 70.8 Å². The first-order chi connectivity index (χ1) is 31.0. The lowest BCUT2D eigenvalue weighted by atomic mass is 9.59. The van der Waals surface area contributed by atoms with Crippen molar-refractivity contribution in [1.82, 2.24) is 20.3 Å². The summed E-state index contributed by atoms with van der Waals surface area (Å²) in [6.07, 6.45) is 11.9. The molecule has 3 aliphatic carbocycles. The number of aromatic nitrogens is 3. The Bertz CT molecular complexity index is 2510. The fourth-order valence-corrected chi connectivity index (χ4v) is 11.5. The Kier molecular flexibility index (Phi) is 12.5. The van der Waals surface area contributed by atoms with Gasteiger partial charge in [0.15, 0.2) is 0 Å². The van der Waals surface area contributed by atoms with E-state index < -0.39 is 11.5 Å². The number of fused-ring (bicyclic) bond motifs is 3. The maximum Gasteiger partial charge on any atom is 0.329 e. The van der Waals surface area contributed by atoms with Gasteiger partial charge in [0.05, 0.1) is 19.4 Å². The number of halogens is 1. The number of carboxylic acids is 1. The number of methoxy groups -OCH3 is 1. The summed E-state index contributed by atoms with van der Waals surface area (Å²) in [5.74, 6) is 2.61. The lowest BCUT2D eigenvalue weighted by Crippen LogP contribution is -2.53. The number of benzene rings is 3. The van der Waals surface area contributed by atoms with Crippen LogP contribution >= 0.6 is 11.6 Å². The first kappa shape index (κ1) is 43.6. The summed E-state index contributed by atoms with van der Waals surface area (Å²) >= 11 is 6.34. The van der Waals surface area contributed by atoms with E-state index in [-0.39, 0.29) is 29.1 Å². The maximum absolute atomic E-state index is 14.0. The molecule has 12 heteroatoms. The van der Waals surface area contributed by atoms with E-state index in [1.807, 2.05) is 60.8 Å². The number of hydrogen-bond acceptors (Lipinski definition) is 9. The molecule has 2 unspecified atom stereocenters. The first-order valence-corrected chi connectivity index (χ1v) is 23.4. The molecule has 1 spiro atoms. The molecule has 3 aromatic carbocycles. The third-order valence-electron chi connectivity index (χ3n) is 14.7. The smallest absolute Gasteiger partial charge is 0.329 e. The number of nitrogens with one attached hydrogen (secondary N) is 2. The van der Waals surface area contributed by atoms with Gasteiger partial charge in [0.2, 0.25) is 5.95 Å². The molecule has 1 saturated heterocycles. The molecule has 5 aromatic rings. The molecule has 3 heterocycles. The summed E-state index contributed by atoms with van der Waals surface area (Å²) in [4.78, 5) is 43.6. The number of carboxylic acid groups (broad SMARTS) is 1. The maximum atomic E-state index is 14.0. The Morgan fingerprint density at radius 1 is 0.969 bits per heavy atom. The average molecular weight is 884 g/mol. The lowest BCUT2D eigenvalue weighted by molar-refractivity contribution is -0.144. The molecule has 2 aromatic heterocycles. The first-order valence-electron chi connectivity index (χ1n) is 23.0. The molecule has 9 rings (SSSR count). The molecular formula is C52H59ClN6O5. The van der Waals surface area contributed by atoms with Gasteiger partial charge >= 0.3 is 5.97 Å². The van der Waals surface area contributed by atoms with E-state index in [1.165, 1.54) is 16.7 Å². The van der Waals surface area contributed by atoms with E-state index in [0.29, 0.717) is 67.0 Å². The topological polar surface area (TPSA) is 139 Å². The standard InChI is InChI=1S/C52H59ClN6O5/c1-33(32-64-46-17-24-54-44-12-6-8-34(2)47(44)46)26-38-27-36-14-15-37(28-42(36)51(38)19-21-52(22-20-51,49(61)62)58-40-10-7-9-39(53)29-40)48(60)56-30-35-18-25-59(31-35)50-55-23-16-43(57-50)41-11-4-5-13-45(41)63-3/h4-5,7,9-11,13-17,23-24,28-29,33-35,38,58H,6,8,12,18-22,25-27,30-32H2,1-3H3,(H,56,60)(H,61,62)/t33-,34-,35?,38?,51?,52?/m1/s1. The van der Waals surface area contributed by atoms with Gasteiger partial charge in [-0.15, -0.1) is 0 Å². The van der Waals surface area contributed by atoms with Crippen molar-refractivity contribution in [2.24, 2.45) is 17.8 Å². The van der Waals surface area contributed by atoms with Crippen molar-refractivity contribution in [3.05, 3.63) is 124 Å². The van der Waals surface area contributed by atoms with Crippen molar-refractivity contribution in [3.8, 4) is 22.8 Å². The minimum absolute atomic E-state index is 0.0933. The van der Waals surface area contributed by atoms with Crippen LogP contribution in [0.1, 0.15) is 104 Å². The fourth-order valence-electron chi connectivity index (χ4n) is 11.3. The van der Waals surface area contributed by atoms with Gasteiger partial charge in [-0.3, -0.25) is 9.78 Å². The van der Waals surface area contributed by atoms with Gasteiger partial charge in [0.1, 0.15) is 17.0 Å². The number of aliphatic carboxylic acids is 1. The van der Waals surface area contributed by atoms with Gasteiger partial charge in [-0.1, -0.05) is 49.7 Å². The Morgan fingerprint density at radius 3 is 2.61 bits per heavy atom. The Hall–Kier alpha value is -5.68. The number of carbonyl (C=O) groups excluding carboxylic acids is 1. The summed E-state index contributed by atoms with van der Waals surface area (Å²) in [5, 5.41) is 18.0. The van der Waals surface area contributed by atoms with Crippen LogP contribution in [0.3, 0.4) is 0 Å². The molecule has 1 aliphatic heterocycles. The molecule has 334 valence electrons. The number of anilines is 2. The monoisotopic (exact) mass is 882 g/mol. The summed E-state index contributed by atoms with van der Waals surface area (Å²) in [7, 11) is 1.66. The minimum Gasteiger partial charge on any atom is -0.496 e. The van der Waals surface area contributed by atoms with E-state index in [0.717, 1.165) is 80.1 Å². The van der Waals surface area contributed by atoms with Crippen LogP contribution in [0.2, 0.25) is 5.02 Å². The highest BCUT2D eigenvalue weighted by atomic mass is 35.5. The average Bonchev–Trinajstić information content (AvgIpc) is 3.90. The van der Waals surface area contributed by atoms with Crippen LogP contribution in [0.15, 0.2) is 91.3 Å². The molecule has 11 nitrogen and oxygen atoms in total.